The Hall–Kier alpha value is -1.58. The number of carbonyl (C=O) groups is 1. The number of aromatic nitrogens is 1. The minimum Gasteiger partial charge on any atom is -0.383 e. The fourth-order valence-electron chi connectivity index (χ4n) is 1.81. The van der Waals surface area contributed by atoms with Crippen LogP contribution in [0.3, 0.4) is 0 Å². The van der Waals surface area contributed by atoms with Gasteiger partial charge in [0.25, 0.3) is 5.91 Å². The molecule has 0 unspecified atom stereocenters. The Morgan fingerprint density at radius 1 is 1.28 bits per heavy atom. The van der Waals surface area contributed by atoms with E-state index in [0.29, 0.717) is 12.1 Å². The SMILES string of the molecule is CCCCCCCCNC(=O)c1cccnc1N. The first-order chi connectivity index (χ1) is 8.75. The van der Waals surface area contributed by atoms with Gasteiger partial charge in [0.05, 0.1) is 5.56 Å². The van der Waals surface area contributed by atoms with Gasteiger partial charge in [-0.25, -0.2) is 4.98 Å². The van der Waals surface area contributed by atoms with E-state index in [0.717, 1.165) is 6.42 Å². The number of anilines is 1. The lowest BCUT2D eigenvalue weighted by atomic mass is 10.1. The van der Waals surface area contributed by atoms with Gasteiger partial charge in [-0.15, -0.1) is 0 Å². The first-order valence-corrected chi connectivity index (χ1v) is 6.74. The molecular weight excluding hydrogens is 226 g/mol. The summed E-state index contributed by atoms with van der Waals surface area (Å²) in [5.41, 5.74) is 6.10. The van der Waals surface area contributed by atoms with Crippen LogP contribution in [-0.4, -0.2) is 17.4 Å². The van der Waals surface area contributed by atoms with Gasteiger partial charge in [-0.05, 0) is 18.6 Å². The molecule has 0 aromatic carbocycles. The van der Waals surface area contributed by atoms with Gasteiger partial charge in [0.2, 0.25) is 0 Å². The summed E-state index contributed by atoms with van der Waals surface area (Å²) in [4.78, 5) is 15.7. The molecule has 0 bridgehead atoms. The lowest BCUT2D eigenvalue weighted by molar-refractivity contribution is 0.0953. The van der Waals surface area contributed by atoms with Gasteiger partial charge in [-0.1, -0.05) is 39.0 Å². The molecular formula is C14H23N3O. The number of nitrogens with zero attached hydrogens (tertiary/aromatic N) is 1. The number of nitrogens with two attached hydrogens (primary N) is 1. The average molecular weight is 249 g/mol. The summed E-state index contributed by atoms with van der Waals surface area (Å²) in [6.45, 7) is 2.91. The van der Waals surface area contributed by atoms with E-state index in [4.69, 9.17) is 5.73 Å². The average Bonchev–Trinajstić information content (AvgIpc) is 2.38. The van der Waals surface area contributed by atoms with Crippen LogP contribution < -0.4 is 11.1 Å². The van der Waals surface area contributed by atoms with Crippen molar-refractivity contribution in [1.82, 2.24) is 10.3 Å². The van der Waals surface area contributed by atoms with Crippen LogP contribution in [0.25, 0.3) is 0 Å². The molecule has 18 heavy (non-hydrogen) atoms. The molecule has 0 spiro atoms. The predicted molar refractivity (Wildman–Crippen MR) is 74.4 cm³/mol. The predicted octanol–water partition coefficient (Wildman–Crippen LogP) is 2.75. The molecule has 0 aliphatic heterocycles. The van der Waals surface area contributed by atoms with Gasteiger partial charge in [0, 0.05) is 12.7 Å². The third-order valence-corrected chi connectivity index (χ3v) is 2.90. The van der Waals surface area contributed by atoms with Crippen LogP contribution in [0, 0.1) is 0 Å². The highest BCUT2D eigenvalue weighted by atomic mass is 16.1. The quantitative estimate of drug-likeness (QED) is 0.696. The van der Waals surface area contributed by atoms with E-state index in [-0.39, 0.29) is 11.7 Å². The van der Waals surface area contributed by atoms with Gasteiger partial charge >= 0.3 is 0 Å². The van der Waals surface area contributed by atoms with Crippen molar-refractivity contribution in [2.75, 3.05) is 12.3 Å². The maximum absolute atomic E-state index is 11.8. The fraction of sp³-hybridized carbons (Fsp3) is 0.571. The lowest BCUT2D eigenvalue weighted by Crippen LogP contribution is -2.25. The number of hydrogen-bond donors (Lipinski definition) is 2. The molecule has 3 N–H and O–H groups in total. The molecule has 4 heteroatoms. The molecule has 100 valence electrons. The Morgan fingerprint density at radius 3 is 2.72 bits per heavy atom. The number of nitrogen functional groups attached to an aromatic ring is 1. The van der Waals surface area contributed by atoms with Crippen LogP contribution in [-0.2, 0) is 0 Å². The Morgan fingerprint density at radius 2 is 2.00 bits per heavy atom. The van der Waals surface area contributed by atoms with Crippen molar-refractivity contribution >= 4 is 11.7 Å². The molecule has 0 radical (unpaired) electrons. The van der Waals surface area contributed by atoms with Crippen molar-refractivity contribution < 1.29 is 4.79 Å². The summed E-state index contributed by atoms with van der Waals surface area (Å²) < 4.78 is 0. The molecule has 0 aliphatic rings. The van der Waals surface area contributed by atoms with E-state index in [9.17, 15) is 4.79 Å². The Kier molecular flexibility index (Phi) is 6.84. The molecule has 1 aromatic rings. The van der Waals surface area contributed by atoms with E-state index in [1.807, 2.05) is 0 Å². The normalized spacial score (nSPS) is 10.3. The Balaban J connectivity index is 2.16. The number of carbonyl (C=O) groups excluding carboxylic acids is 1. The van der Waals surface area contributed by atoms with Gasteiger partial charge in [0.1, 0.15) is 5.82 Å². The highest BCUT2D eigenvalue weighted by Gasteiger charge is 2.08. The van der Waals surface area contributed by atoms with E-state index in [1.165, 1.54) is 32.1 Å². The van der Waals surface area contributed by atoms with Crippen LogP contribution in [0.2, 0.25) is 0 Å². The Bertz CT molecular complexity index is 366. The summed E-state index contributed by atoms with van der Waals surface area (Å²) in [7, 11) is 0. The molecule has 1 rings (SSSR count). The van der Waals surface area contributed by atoms with Crippen molar-refractivity contribution in [3.05, 3.63) is 23.9 Å². The maximum Gasteiger partial charge on any atom is 0.255 e. The van der Waals surface area contributed by atoms with Gasteiger partial charge < -0.3 is 11.1 Å². The summed E-state index contributed by atoms with van der Waals surface area (Å²) >= 11 is 0. The standard InChI is InChI=1S/C14H23N3O/c1-2-3-4-5-6-7-10-17-14(18)12-9-8-11-16-13(12)15/h8-9,11H,2-7,10H2,1H3,(H2,15,16)(H,17,18). The monoisotopic (exact) mass is 249 g/mol. The summed E-state index contributed by atoms with van der Waals surface area (Å²) in [5.74, 6) is 0.159. The molecule has 1 amide bonds. The van der Waals surface area contributed by atoms with Crippen LogP contribution in [0.15, 0.2) is 18.3 Å². The zero-order valence-electron chi connectivity index (χ0n) is 11.1. The summed E-state index contributed by atoms with van der Waals surface area (Å²) in [6, 6.07) is 3.41. The second kappa shape index (κ2) is 8.50. The second-order valence-corrected chi connectivity index (χ2v) is 4.46. The molecule has 1 heterocycles. The van der Waals surface area contributed by atoms with Crippen molar-refractivity contribution in [2.45, 2.75) is 45.4 Å². The highest BCUT2D eigenvalue weighted by Crippen LogP contribution is 2.07. The highest BCUT2D eigenvalue weighted by molar-refractivity contribution is 5.98. The smallest absolute Gasteiger partial charge is 0.255 e. The summed E-state index contributed by atoms with van der Waals surface area (Å²) in [5, 5.41) is 2.87. The molecule has 0 fully saturated rings. The van der Waals surface area contributed by atoms with Crippen molar-refractivity contribution in [1.29, 1.82) is 0 Å². The van der Waals surface area contributed by atoms with E-state index in [2.05, 4.69) is 17.2 Å². The molecule has 0 aliphatic carbocycles. The zero-order valence-corrected chi connectivity index (χ0v) is 11.1. The molecule has 0 saturated heterocycles. The number of pyridine rings is 1. The van der Waals surface area contributed by atoms with Crippen LogP contribution in [0.1, 0.15) is 55.8 Å². The minimum atomic E-state index is -0.130. The molecule has 1 aromatic heterocycles. The number of rotatable bonds is 8. The Labute approximate surface area is 109 Å². The number of unbranched alkanes of at least 4 members (excludes halogenated alkanes) is 5. The van der Waals surface area contributed by atoms with Crippen molar-refractivity contribution in [3.8, 4) is 0 Å². The first kappa shape index (κ1) is 14.5. The minimum absolute atomic E-state index is 0.130. The van der Waals surface area contributed by atoms with Gasteiger partial charge in [-0.2, -0.15) is 0 Å². The van der Waals surface area contributed by atoms with Crippen LogP contribution >= 0.6 is 0 Å². The maximum atomic E-state index is 11.8. The van der Waals surface area contributed by atoms with E-state index in [1.54, 1.807) is 18.3 Å². The summed E-state index contributed by atoms with van der Waals surface area (Å²) in [6.07, 6.45) is 8.88. The largest absolute Gasteiger partial charge is 0.383 e. The zero-order chi connectivity index (χ0) is 13.2. The van der Waals surface area contributed by atoms with Crippen LogP contribution in [0.5, 0.6) is 0 Å². The van der Waals surface area contributed by atoms with Gasteiger partial charge in [-0.3, -0.25) is 4.79 Å². The lowest BCUT2D eigenvalue weighted by Gasteiger charge is -2.06. The van der Waals surface area contributed by atoms with Gasteiger partial charge in [0.15, 0.2) is 0 Å². The van der Waals surface area contributed by atoms with Crippen molar-refractivity contribution in [2.24, 2.45) is 0 Å². The number of nitrogens with one attached hydrogen (secondary N) is 1. The number of hydrogen-bond acceptors (Lipinski definition) is 3. The number of amides is 1. The molecule has 0 saturated carbocycles. The second-order valence-electron chi connectivity index (χ2n) is 4.46. The third-order valence-electron chi connectivity index (χ3n) is 2.90. The van der Waals surface area contributed by atoms with Crippen LogP contribution in [0.4, 0.5) is 5.82 Å². The first-order valence-electron chi connectivity index (χ1n) is 6.74. The fourth-order valence-corrected chi connectivity index (χ4v) is 1.81. The van der Waals surface area contributed by atoms with E-state index < -0.39 is 0 Å². The van der Waals surface area contributed by atoms with E-state index >= 15 is 0 Å². The van der Waals surface area contributed by atoms with Crippen molar-refractivity contribution in [3.63, 3.8) is 0 Å². The third kappa shape index (κ3) is 5.17. The topological polar surface area (TPSA) is 68.0 Å². The molecule has 0 atom stereocenters. The molecule has 4 nitrogen and oxygen atoms in total.